The largest absolute Gasteiger partial charge is 0.494 e. The Labute approximate surface area is 163 Å². The molecule has 0 amide bonds. The van der Waals surface area contributed by atoms with E-state index >= 15 is 0 Å². The van der Waals surface area contributed by atoms with E-state index in [4.69, 9.17) is 13.9 Å². The van der Waals surface area contributed by atoms with E-state index in [0.717, 1.165) is 12.2 Å². The summed E-state index contributed by atoms with van der Waals surface area (Å²) < 4.78 is 16.2. The van der Waals surface area contributed by atoms with E-state index in [1.165, 1.54) is 31.7 Å². The lowest BCUT2D eigenvalue weighted by Crippen LogP contribution is -2.08. The minimum Gasteiger partial charge on any atom is -0.494 e. The molecule has 28 heavy (non-hydrogen) atoms. The summed E-state index contributed by atoms with van der Waals surface area (Å²) in [6.07, 6.45) is 5.95. The molecule has 0 saturated heterocycles. The van der Waals surface area contributed by atoms with Gasteiger partial charge in [0.25, 0.3) is 0 Å². The molecule has 0 aliphatic heterocycles. The van der Waals surface area contributed by atoms with Crippen molar-refractivity contribution in [3.05, 3.63) is 70.6 Å². The summed E-state index contributed by atoms with van der Waals surface area (Å²) in [5.41, 5.74) is 0.471. The van der Waals surface area contributed by atoms with Crippen LogP contribution in [0.1, 0.15) is 49.4 Å². The smallest absolute Gasteiger partial charge is 0.343 e. The molecule has 0 spiro atoms. The molecule has 5 heteroatoms. The van der Waals surface area contributed by atoms with Crippen molar-refractivity contribution in [1.29, 1.82) is 0 Å². The van der Waals surface area contributed by atoms with Crippen molar-refractivity contribution in [2.75, 3.05) is 6.61 Å². The highest BCUT2D eigenvalue weighted by Gasteiger charge is 2.10. The fourth-order valence-corrected chi connectivity index (χ4v) is 2.86. The van der Waals surface area contributed by atoms with Gasteiger partial charge < -0.3 is 13.9 Å². The molecule has 0 aliphatic rings. The van der Waals surface area contributed by atoms with Gasteiger partial charge >= 0.3 is 11.6 Å². The minimum absolute atomic E-state index is 0.388. The third-order valence-electron chi connectivity index (χ3n) is 4.41. The van der Waals surface area contributed by atoms with Crippen LogP contribution >= 0.6 is 0 Å². The number of rotatable bonds is 9. The SMILES string of the molecule is CCCCCCCOc1ccc(C(=O)Oc2ccc3oc(=O)ccc3c2)cc1. The van der Waals surface area contributed by atoms with Gasteiger partial charge in [0.05, 0.1) is 12.2 Å². The van der Waals surface area contributed by atoms with Crippen LogP contribution in [0.15, 0.2) is 63.8 Å². The standard InChI is InChI=1S/C23H24O5/c1-2-3-4-5-6-15-26-19-10-7-17(8-11-19)23(25)27-20-12-13-21-18(16-20)9-14-22(24)28-21/h7-14,16H,2-6,15H2,1H3. The van der Waals surface area contributed by atoms with Crippen molar-refractivity contribution in [3.8, 4) is 11.5 Å². The summed E-state index contributed by atoms with van der Waals surface area (Å²) in [6.45, 7) is 2.88. The van der Waals surface area contributed by atoms with Crippen molar-refractivity contribution >= 4 is 16.9 Å². The van der Waals surface area contributed by atoms with E-state index in [9.17, 15) is 9.59 Å². The highest BCUT2D eigenvalue weighted by atomic mass is 16.5. The summed E-state index contributed by atoms with van der Waals surface area (Å²) in [5.74, 6) is 0.675. The van der Waals surface area contributed by atoms with Gasteiger partial charge in [0.2, 0.25) is 0 Å². The highest BCUT2D eigenvalue weighted by Crippen LogP contribution is 2.21. The third-order valence-corrected chi connectivity index (χ3v) is 4.41. The molecule has 2 aromatic carbocycles. The number of hydrogen-bond acceptors (Lipinski definition) is 5. The topological polar surface area (TPSA) is 65.7 Å². The zero-order valence-electron chi connectivity index (χ0n) is 16.0. The number of carbonyl (C=O) groups is 1. The van der Waals surface area contributed by atoms with Crippen molar-refractivity contribution < 1.29 is 18.7 Å². The molecule has 0 fully saturated rings. The number of esters is 1. The Morgan fingerprint density at radius 2 is 1.64 bits per heavy atom. The van der Waals surface area contributed by atoms with Crippen LogP contribution in [0.2, 0.25) is 0 Å². The molecule has 146 valence electrons. The van der Waals surface area contributed by atoms with E-state index in [-0.39, 0.29) is 0 Å². The number of carbonyl (C=O) groups excluding carboxylic acids is 1. The van der Waals surface area contributed by atoms with E-state index in [1.807, 2.05) is 0 Å². The fourth-order valence-electron chi connectivity index (χ4n) is 2.86. The van der Waals surface area contributed by atoms with Crippen molar-refractivity contribution in [3.63, 3.8) is 0 Å². The maximum absolute atomic E-state index is 12.3. The summed E-state index contributed by atoms with van der Waals surface area (Å²) in [4.78, 5) is 23.6. The molecule has 5 nitrogen and oxygen atoms in total. The average molecular weight is 380 g/mol. The summed E-state index contributed by atoms with van der Waals surface area (Å²) in [5, 5.41) is 0.688. The van der Waals surface area contributed by atoms with E-state index in [2.05, 4.69) is 6.92 Å². The maximum Gasteiger partial charge on any atom is 0.343 e. The first kappa shape index (κ1) is 19.7. The first-order chi connectivity index (χ1) is 13.7. The van der Waals surface area contributed by atoms with Gasteiger partial charge in [-0.3, -0.25) is 0 Å². The summed E-state index contributed by atoms with van der Waals surface area (Å²) in [6, 6.07) is 14.8. The number of fused-ring (bicyclic) bond motifs is 1. The minimum atomic E-state index is -0.456. The van der Waals surface area contributed by atoms with Gasteiger partial charge in [-0.1, -0.05) is 32.6 Å². The number of benzene rings is 2. The molecule has 0 radical (unpaired) electrons. The molecule has 0 bridgehead atoms. The van der Waals surface area contributed by atoms with Gasteiger partial charge in [-0.2, -0.15) is 0 Å². The first-order valence-corrected chi connectivity index (χ1v) is 9.64. The Kier molecular flexibility index (Phi) is 6.84. The van der Waals surface area contributed by atoms with Gasteiger partial charge in [-0.15, -0.1) is 0 Å². The summed E-state index contributed by atoms with van der Waals surface area (Å²) >= 11 is 0. The lowest BCUT2D eigenvalue weighted by Gasteiger charge is -2.08. The van der Waals surface area contributed by atoms with Crippen LogP contribution in [0.5, 0.6) is 11.5 Å². The van der Waals surface area contributed by atoms with Crippen LogP contribution in [-0.4, -0.2) is 12.6 Å². The Hall–Kier alpha value is -3.08. The van der Waals surface area contributed by atoms with Crippen LogP contribution in [0.3, 0.4) is 0 Å². The molecular formula is C23H24O5. The zero-order valence-corrected chi connectivity index (χ0v) is 16.0. The van der Waals surface area contributed by atoms with Crippen LogP contribution in [0.4, 0.5) is 0 Å². The Bertz CT molecular complexity index is 972. The zero-order chi connectivity index (χ0) is 19.8. The maximum atomic E-state index is 12.3. The molecule has 0 atom stereocenters. The van der Waals surface area contributed by atoms with Crippen molar-refractivity contribution in [1.82, 2.24) is 0 Å². The lowest BCUT2D eigenvalue weighted by molar-refractivity contribution is 0.0735. The Morgan fingerprint density at radius 1 is 0.893 bits per heavy atom. The lowest BCUT2D eigenvalue weighted by atomic mass is 10.2. The van der Waals surface area contributed by atoms with E-state index in [0.29, 0.717) is 28.9 Å². The molecule has 0 saturated carbocycles. The van der Waals surface area contributed by atoms with Gasteiger partial charge in [0.15, 0.2) is 0 Å². The molecule has 0 unspecified atom stereocenters. The molecule has 1 heterocycles. The predicted molar refractivity (Wildman–Crippen MR) is 108 cm³/mol. The monoisotopic (exact) mass is 380 g/mol. The molecule has 1 aromatic heterocycles. The first-order valence-electron chi connectivity index (χ1n) is 9.64. The van der Waals surface area contributed by atoms with Gasteiger partial charge in [-0.05, 0) is 55.0 Å². The highest BCUT2D eigenvalue weighted by molar-refractivity contribution is 5.91. The second-order valence-electron chi connectivity index (χ2n) is 6.63. The van der Waals surface area contributed by atoms with Crippen LogP contribution in [0.25, 0.3) is 11.0 Å². The second kappa shape index (κ2) is 9.74. The number of hydrogen-bond donors (Lipinski definition) is 0. The van der Waals surface area contributed by atoms with Gasteiger partial charge in [-0.25, -0.2) is 9.59 Å². The van der Waals surface area contributed by atoms with Crippen molar-refractivity contribution in [2.24, 2.45) is 0 Å². The Balaban J connectivity index is 1.54. The van der Waals surface area contributed by atoms with Gasteiger partial charge in [0.1, 0.15) is 17.1 Å². The number of unbranched alkanes of at least 4 members (excludes halogenated alkanes) is 4. The average Bonchev–Trinajstić information content (AvgIpc) is 2.71. The molecule has 0 N–H and O–H groups in total. The number of ether oxygens (including phenoxy) is 2. The molecular weight excluding hydrogens is 356 g/mol. The molecule has 3 aromatic rings. The van der Waals surface area contributed by atoms with E-state index in [1.54, 1.807) is 48.5 Å². The van der Waals surface area contributed by atoms with Crippen LogP contribution in [-0.2, 0) is 0 Å². The van der Waals surface area contributed by atoms with Crippen LogP contribution < -0.4 is 15.1 Å². The van der Waals surface area contributed by atoms with E-state index < -0.39 is 11.6 Å². The van der Waals surface area contributed by atoms with Crippen LogP contribution in [0, 0.1) is 0 Å². The normalized spacial score (nSPS) is 10.8. The summed E-state index contributed by atoms with van der Waals surface area (Å²) in [7, 11) is 0. The quantitative estimate of drug-likeness (QED) is 0.216. The van der Waals surface area contributed by atoms with Gasteiger partial charge in [0, 0.05) is 11.5 Å². The second-order valence-corrected chi connectivity index (χ2v) is 6.63. The fraction of sp³-hybridized carbons (Fsp3) is 0.304. The third kappa shape index (κ3) is 5.46. The molecule has 0 aliphatic carbocycles. The predicted octanol–water partition coefficient (Wildman–Crippen LogP) is 5.36. The Morgan fingerprint density at radius 3 is 2.43 bits per heavy atom. The van der Waals surface area contributed by atoms with Crippen molar-refractivity contribution in [2.45, 2.75) is 39.0 Å². The molecule has 3 rings (SSSR count).